The molecule has 2 unspecified atom stereocenters. The molecule has 0 nitrogen and oxygen atoms in total. The van der Waals surface area contributed by atoms with E-state index < -0.39 is 0 Å². The Hall–Kier alpha value is -2.34. The van der Waals surface area contributed by atoms with Crippen molar-refractivity contribution in [2.45, 2.75) is 0 Å². The molecule has 0 amide bonds. The molecule has 0 N–H and O–H groups in total. The van der Waals surface area contributed by atoms with Crippen molar-refractivity contribution in [3.63, 3.8) is 0 Å². The van der Waals surface area contributed by atoms with Gasteiger partial charge in [-0.3, -0.25) is 0 Å². The summed E-state index contributed by atoms with van der Waals surface area (Å²) < 4.78 is 0. The van der Waals surface area contributed by atoms with Crippen LogP contribution in [0.25, 0.3) is 0 Å². The zero-order valence-electron chi connectivity index (χ0n) is 11.2. The van der Waals surface area contributed by atoms with Crippen LogP contribution < -0.4 is 0 Å². The largest absolute Gasteiger partial charge is 0.0801 e. The third-order valence-corrected chi connectivity index (χ3v) is 4.16. The van der Waals surface area contributed by atoms with Crippen molar-refractivity contribution in [2.75, 3.05) is 0 Å². The lowest BCUT2D eigenvalue weighted by atomic mass is 9.82. The van der Waals surface area contributed by atoms with Crippen LogP contribution in [-0.4, -0.2) is 0 Å². The highest BCUT2D eigenvalue weighted by Crippen LogP contribution is 2.45. The molecule has 0 radical (unpaired) electrons. The van der Waals surface area contributed by atoms with Gasteiger partial charge in [-0.15, -0.1) is 0 Å². The second kappa shape index (κ2) is 4.64. The van der Waals surface area contributed by atoms with Crippen molar-refractivity contribution in [1.29, 1.82) is 0 Å². The van der Waals surface area contributed by atoms with E-state index in [1.165, 1.54) is 22.6 Å². The normalized spacial score (nSPS) is 22.5. The fraction of sp³-hybridized carbons (Fsp3) is 0.100. The monoisotopic (exact) mass is 256 g/mol. The van der Waals surface area contributed by atoms with E-state index in [2.05, 4.69) is 85.3 Å². The second-order valence-electron chi connectivity index (χ2n) is 5.44. The summed E-state index contributed by atoms with van der Waals surface area (Å²) in [4.78, 5) is 0. The topological polar surface area (TPSA) is 0 Å². The molecule has 0 aliphatic heterocycles. The Morgan fingerprint density at radius 2 is 1.35 bits per heavy atom. The minimum absolute atomic E-state index is 0.618. The Bertz CT molecular complexity index is 609. The van der Waals surface area contributed by atoms with Gasteiger partial charge in [-0.25, -0.2) is 0 Å². The molecule has 96 valence electrons. The Labute approximate surface area is 120 Å². The second-order valence-corrected chi connectivity index (χ2v) is 5.44. The van der Waals surface area contributed by atoms with E-state index in [1.54, 1.807) is 0 Å². The Balaban J connectivity index is 1.76. The number of allylic oxidation sites excluding steroid dienone is 4. The fourth-order valence-electron chi connectivity index (χ4n) is 3.05. The van der Waals surface area contributed by atoms with E-state index in [-0.39, 0.29) is 0 Å². The first-order valence-electron chi connectivity index (χ1n) is 7.15. The van der Waals surface area contributed by atoms with E-state index in [0.717, 1.165) is 0 Å². The van der Waals surface area contributed by atoms with Gasteiger partial charge in [0.1, 0.15) is 0 Å². The fourth-order valence-corrected chi connectivity index (χ4v) is 3.05. The lowest BCUT2D eigenvalue weighted by Crippen LogP contribution is -2.12. The summed E-state index contributed by atoms with van der Waals surface area (Å²) in [6, 6.07) is 21.4. The maximum Gasteiger partial charge on any atom is 0.00538 e. The van der Waals surface area contributed by atoms with Gasteiger partial charge in [0, 0.05) is 11.8 Å². The van der Waals surface area contributed by atoms with E-state index in [9.17, 15) is 0 Å². The van der Waals surface area contributed by atoms with Gasteiger partial charge in [0.2, 0.25) is 0 Å². The number of hydrogen-bond acceptors (Lipinski definition) is 0. The van der Waals surface area contributed by atoms with Gasteiger partial charge in [0.05, 0.1) is 0 Å². The van der Waals surface area contributed by atoms with Gasteiger partial charge in [0.15, 0.2) is 0 Å². The lowest BCUT2D eigenvalue weighted by molar-refractivity contribution is 0.611. The predicted octanol–water partition coefficient (Wildman–Crippen LogP) is 4.60. The summed E-state index contributed by atoms with van der Waals surface area (Å²) in [5, 5.41) is 0. The number of rotatable bonds is 3. The quantitative estimate of drug-likeness (QED) is 0.556. The van der Waals surface area contributed by atoms with Crippen LogP contribution in [0.2, 0.25) is 0 Å². The van der Waals surface area contributed by atoms with Gasteiger partial charge >= 0.3 is 0 Å². The Morgan fingerprint density at radius 3 is 1.75 bits per heavy atom. The van der Waals surface area contributed by atoms with E-state index in [4.69, 9.17) is 0 Å². The maximum absolute atomic E-state index is 2.40. The number of fused-ring (bicyclic) bond motifs is 1. The molecule has 0 aromatic heterocycles. The molecule has 2 aromatic rings. The summed E-state index contributed by atoms with van der Waals surface area (Å²) in [7, 11) is 0. The van der Waals surface area contributed by atoms with Gasteiger partial charge in [-0.1, -0.05) is 85.3 Å². The standard InChI is InChI=1S/C20H16/c1-3-7-15(8-4-1)20(16-9-5-2-6-10-16)19-13-17-11-12-18(17)14-19/h1-14,17-18H. The zero-order valence-corrected chi connectivity index (χ0v) is 11.2. The van der Waals surface area contributed by atoms with Crippen LogP contribution in [0.15, 0.2) is 84.5 Å². The molecule has 4 rings (SSSR count). The van der Waals surface area contributed by atoms with Gasteiger partial charge in [0.25, 0.3) is 0 Å². The first-order valence-corrected chi connectivity index (χ1v) is 7.15. The molecule has 2 atom stereocenters. The molecule has 2 aliphatic rings. The minimum Gasteiger partial charge on any atom is -0.0801 e. The third kappa shape index (κ3) is 1.85. The molecule has 0 saturated heterocycles. The van der Waals surface area contributed by atoms with Gasteiger partial charge < -0.3 is 0 Å². The maximum atomic E-state index is 2.40. The summed E-state index contributed by atoms with van der Waals surface area (Å²) >= 11 is 0. The van der Waals surface area contributed by atoms with Crippen LogP contribution >= 0.6 is 0 Å². The molecule has 0 heteroatoms. The molecule has 20 heavy (non-hydrogen) atoms. The summed E-state index contributed by atoms with van der Waals surface area (Å²) in [5.74, 6) is 2.59. The first kappa shape index (κ1) is 11.5. The third-order valence-electron chi connectivity index (χ3n) is 4.16. The highest BCUT2D eigenvalue weighted by molar-refractivity contribution is 5.61. The van der Waals surface area contributed by atoms with E-state index in [1.807, 2.05) is 0 Å². The minimum atomic E-state index is 0.618. The van der Waals surface area contributed by atoms with E-state index in [0.29, 0.717) is 11.8 Å². The predicted molar refractivity (Wildman–Crippen MR) is 82.8 cm³/mol. The molecular formula is C20H16. The summed E-state index contributed by atoms with van der Waals surface area (Å²) in [5.41, 5.74) is 3.97. The molecule has 0 bridgehead atoms. The summed E-state index contributed by atoms with van der Waals surface area (Å²) in [6.45, 7) is 0. The number of hydrogen-bond donors (Lipinski definition) is 0. The molecule has 2 aromatic carbocycles. The van der Waals surface area contributed by atoms with Crippen LogP contribution in [0.1, 0.15) is 11.1 Å². The van der Waals surface area contributed by atoms with Crippen molar-refractivity contribution in [1.82, 2.24) is 0 Å². The molecular weight excluding hydrogens is 240 g/mol. The van der Waals surface area contributed by atoms with Crippen LogP contribution in [-0.2, 0) is 0 Å². The van der Waals surface area contributed by atoms with Crippen molar-refractivity contribution < 1.29 is 0 Å². The van der Waals surface area contributed by atoms with Gasteiger partial charge in [-0.05, 0) is 22.6 Å². The molecule has 0 fully saturated rings. The van der Waals surface area contributed by atoms with Crippen LogP contribution in [0.5, 0.6) is 0 Å². The highest BCUT2D eigenvalue weighted by Gasteiger charge is 2.33. The highest BCUT2D eigenvalue weighted by atomic mass is 14.4. The van der Waals surface area contributed by atoms with Crippen LogP contribution in [0.4, 0.5) is 0 Å². The van der Waals surface area contributed by atoms with Gasteiger partial charge in [-0.2, -0.15) is 0 Å². The average Bonchev–Trinajstić information content (AvgIpc) is 2.78. The average molecular weight is 256 g/mol. The van der Waals surface area contributed by atoms with Crippen molar-refractivity contribution in [3.05, 3.63) is 108 Å². The molecule has 0 saturated carbocycles. The van der Waals surface area contributed by atoms with Crippen molar-refractivity contribution in [2.24, 2.45) is 11.8 Å². The first-order chi connectivity index (χ1) is 9.92. The van der Waals surface area contributed by atoms with Crippen molar-refractivity contribution >= 4 is 0 Å². The smallest absolute Gasteiger partial charge is 0.00538 e. The SMILES string of the molecule is C1=CC2[CH-]C([C+](c3ccccc3)c3ccccc3)=CC12. The summed E-state index contributed by atoms with van der Waals surface area (Å²) in [6.07, 6.45) is 9.39. The van der Waals surface area contributed by atoms with Crippen LogP contribution in [0, 0.1) is 24.2 Å². The zero-order chi connectivity index (χ0) is 13.4. The lowest BCUT2D eigenvalue weighted by Gasteiger charge is -2.22. The van der Waals surface area contributed by atoms with Crippen molar-refractivity contribution in [3.8, 4) is 0 Å². The Kier molecular flexibility index (Phi) is 2.67. The molecule has 0 spiro atoms. The number of benzene rings is 2. The molecule has 2 aliphatic carbocycles. The Morgan fingerprint density at radius 1 is 0.750 bits per heavy atom. The molecule has 0 heterocycles. The van der Waals surface area contributed by atoms with E-state index >= 15 is 0 Å². The van der Waals surface area contributed by atoms with Crippen LogP contribution in [0.3, 0.4) is 0 Å².